The molecule has 1 heteroatoms. The lowest BCUT2D eigenvalue weighted by Crippen LogP contribution is -2.29. The highest BCUT2D eigenvalue weighted by Gasteiger charge is 2.62. The van der Waals surface area contributed by atoms with Crippen molar-refractivity contribution in [3.63, 3.8) is 0 Å². The quantitative estimate of drug-likeness (QED) is 0.559. The first-order chi connectivity index (χ1) is 5.87. The average molecular weight is 161 g/mol. The second-order valence-corrected chi connectivity index (χ2v) is 5.52. The Hall–Kier alpha value is -0.330. The largest absolute Gasteiger partial charge is 0.286 e. The first kappa shape index (κ1) is 6.17. The van der Waals surface area contributed by atoms with E-state index in [1.807, 2.05) is 0 Å². The van der Waals surface area contributed by atoms with Crippen LogP contribution in [0.1, 0.15) is 32.1 Å². The molecule has 0 amide bonds. The minimum absolute atomic E-state index is 0.706. The standard InChI is InChI=1S/C11H15N/c1-7-2-9-3-8(1)5-11(9,4-7)10-6-12-10/h6-10H,1-5H2. The summed E-state index contributed by atoms with van der Waals surface area (Å²) < 4.78 is 0. The van der Waals surface area contributed by atoms with Gasteiger partial charge in [0.1, 0.15) is 0 Å². The van der Waals surface area contributed by atoms with Crippen molar-refractivity contribution in [2.45, 2.75) is 38.1 Å². The van der Waals surface area contributed by atoms with Crippen molar-refractivity contribution in [1.82, 2.24) is 0 Å². The van der Waals surface area contributed by atoms with Crippen LogP contribution < -0.4 is 0 Å². The third-order valence-electron chi connectivity index (χ3n) is 4.94. The van der Waals surface area contributed by atoms with Crippen LogP contribution >= 0.6 is 0 Å². The number of hydrogen-bond donors (Lipinski definition) is 0. The minimum Gasteiger partial charge on any atom is -0.286 e. The van der Waals surface area contributed by atoms with Gasteiger partial charge in [-0.25, -0.2) is 0 Å². The van der Waals surface area contributed by atoms with Crippen molar-refractivity contribution in [1.29, 1.82) is 0 Å². The Bertz CT molecular complexity index is 248. The van der Waals surface area contributed by atoms with Crippen LogP contribution in [0, 0.1) is 23.2 Å². The van der Waals surface area contributed by atoms with E-state index < -0.39 is 0 Å². The Kier molecular flexibility index (Phi) is 0.843. The molecule has 0 aromatic heterocycles. The SMILES string of the molecule is C1=NC1C12CC3CC(CC1C3)C2. The highest BCUT2D eigenvalue weighted by Crippen LogP contribution is 2.67. The highest BCUT2D eigenvalue weighted by atomic mass is 15.0. The van der Waals surface area contributed by atoms with E-state index in [-0.39, 0.29) is 0 Å². The molecule has 0 aromatic carbocycles. The van der Waals surface area contributed by atoms with Gasteiger partial charge in [0.05, 0.1) is 6.04 Å². The molecule has 1 nitrogen and oxygen atoms in total. The van der Waals surface area contributed by atoms with E-state index >= 15 is 0 Å². The van der Waals surface area contributed by atoms with Gasteiger partial charge in [0.25, 0.3) is 0 Å². The van der Waals surface area contributed by atoms with Gasteiger partial charge < -0.3 is 0 Å². The van der Waals surface area contributed by atoms with E-state index in [1.165, 1.54) is 12.8 Å². The van der Waals surface area contributed by atoms with E-state index in [2.05, 4.69) is 11.2 Å². The van der Waals surface area contributed by atoms with Crippen molar-refractivity contribution >= 4 is 6.21 Å². The molecule has 1 aliphatic heterocycles. The summed E-state index contributed by atoms with van der Waals surface area (Å²) in [7, 11) is 0. The van der Waals surface area contributed by atoms with Crippen LogP contribution in [-0.2, 0) is 0 Å². The third kappa shape index (κ3) is 0.541. The molecule has 0 saturated heterocycles. The molecule has 4 fully saturated rings. The Labute approximate surface area is 73.3 Å². The van der Waals surface area contributed by atoms with Crippen molar-refractivity contribution in [3.8, 4) is 0 Å². The lowest BCUT2D eigenvalue weighted by molar-refractivity contribution is 0.203. The van der Waals surface area contributed by atoms with Gasteiger partial charge in [0.15, 0.2) is 0 Å². The second-order valence-electron chi connectivity index (χ2n) is 5.52. The first-order valence-electron chi connectivity index (χ1n) is 5.40. The molecule has 1 heterocycles. The molecular weight excluding hydrogens is 146 g/mol. The van der Waals surface area contributed by atoms with E-state index in [0.29, 0.717) is 11.5 Å². The lowest BCUT2D eigenvalue weighted by Gasteiger charge is -2.31. The molecule has 5 aliphatic rings. The molecule has 0 radical (unpaired) electrons. The molecule has 0 N–H and O–H groups in total. The predicted octanol–water partition coefficient (Wildman–Crippen LogP) is 2.27. The fourth-order valence-corrected chi connectivity index (χ4v) is 4.68. The van der Waals surface area contributed by atoms with Crippen LogP contribution in [-0.4, -0.2) is 12.3 Å². The van der Waals surface area contributed by atoms with Gasteiger partial charge >= 0.3 is 0 Å². The van der Waals surface area contributed by atoms with E-state index in [0.717, 1.165) is 17.8 Å². The fraction of sp³-hybridized carbons (Fsp3) is 0.909. The molecular formula is C11H15N. The molecule has 3 unspecified atom stereocenters. The summed E-state index contributed by atoms with van der Waals surface area (Å²) in [5.41, 5.74) is 0.716. The topological polar surface area (TPSA) is 12.4 Å². The van der Waals surface area contributed by atoms with Gasteiger partial charge in [0, 0.05) is 11.6 Å². The summed E-state index contributed by atoms with van der Waals surface area (Å²) in [5, 5.41) is 0. The summed E-state index contributed by atoms with van der Waals surface area (Å²) >= 11 is 0. The van der Waals surface area contributed by atoms with Crippen LogP contribution in [0.5, 0.6) is 0 Å². The molecule has 5 rings (SSSR count). The molecule has 0 aromatic rings. The molecule has 4 saturated carbocycles. The Morgan fingerprint density at radius 3 is 2.33 bits per heavy atom. The molecule has 0 spiro atoms. The van der Waals surface area contributed by atoms with Gasteiger partial charge in [-0.05, 0) is 49.9 Å². The van der Waals surface area contributed by atoms with Gasteiger partial charge in [-0.1, -0.05) is 0 Å². The smallest absolute Gasteiger partial charge is 0.0902 e. The van der Waals surface area contributed by atoms with Crippen molar-refractivity contribution in [3.05, 3.63) is 0 Å². The monoisotopic (exact) mass is 161 g/mol. The Balaban J connectivity index is 1.79. The first-order valence-corrected chi connectivity index (χ1v) is 5.40. The second kappa shape index (κ2) is 1.64. The van der Waals surface area contributed by atoms with Gasteiger partial charge in [-0.15, -0.1) is 0 Å². The van der Waals surface area contributed by atoms with Crippen molar-refractivity contribution < 1.29 is 0 Å². The summed E-state index contributed by atoms with van der Waals surface area (Å²) in [4.78, 5) is 4.45. The van der Waals surface area contributed by atoms with Crippen molar-refractivity contribution in [2.24, 2.45) is 28.2 Å². The van der Waals surface area contributed by atoms with Crippen LogP contribution in [0.15, 0.2) is 4.99 Å². The van der Waals surface area contributed by atoms with Crippen LogP contribution in [0.3, 0.4) is 0 Å². The third-order valence-corrected chi connectivity index (χ3v) is 4.94. The molecule has 4 bridgehead atoms. The maximum absolute atomic E-state index is 4.45. The lowest BCUT2D eigenvalue weighted by atomic mass is 9.73. The van der Waals surface area contributed by atoms with Crippen LogP contribution in [0.4, 0.5) is 0 Å². The number of rotatable bonds is 1. The Morgan fingerprint density at radius 1 is 1.08 bits per heavy atom. The number of hydrogen-bond acceptors (Lipinski definition) is 1. The fourth-order valence-electron chi connectivity index (χ4n) is 4.68. The molecule has 3 atom stereocenters. The van der Waals surface area contributed by atoms with Crippen molar-refractivity contribution in [2.75, 3.05) is 0 Å². The molecule has 64 valence electrons. The van der Waals surface area contributed by atoms with Gasteiger partial charge in [-0.3, -0.25) is 4.99 Å². The summed E-state index contributed by atoms with van der Waals surface area (Å²) in [6, 6.07) is 0.706. The number of nitrogens with zero attached hydrogens (tertiary/aromatic N) is 1. The Morgan fingerprint density at radius 2 is 1.75 bits per heavy atom. The maximum atomic E-state index is 4.45. The van der Waals surface area contributed by atoms with Gasteiger partial charge in [-0.2, -0.15) is 0 Å². The predicted molar refractivity (Wildman–Crippen MR) is 48.3 cm³/mol. The normalized spacial score (nSPS) is 64.7. The zero-order valence-corrected chi connectivity index (χ0v) is 7.37. The van der Waals surface area contributed by atoms with E-state index in [4.69, 9.17) is 0 Å². The summed E-state index contributed by atoms with van der Waals surface area (Å²) in [6.07, 6.45) is 9.93. The molecule has 12 heavy (non-hydrogen) atoms. The summed E-state index contributed by atoms with van der Waals surface area (Å²) in [6.45, 7) is 0. The zero-order valence-electron chi connectivity index (χ0n) is 7.37. The minimum atomic E-state index is 0.706. The maximum Gasteiger partial charge on any atom is 0.0902 e. The van der Waals surface area contributed by atoms with E-state index in [1.54, 1.807) is 19.3 Å². The zero-order chi connectivity index (χ0) is 7.76. The van der Waals surface area contributed by atoms with Gasteiger partial charge in [0.2, 0.25) is 0 Å². The number of aliphatic imine (C=N–C) groups is 1. The molecule has 4 aliphatic carbocycles. The van der Waals surface area contributed by atoms with E-state index in [9.17, 15) is 0 Å². The van der Waals surface area contributed by atoms with Crippen LogP contribution in [0.25, 0.3) is 0 Å². The van der Waals surface area contributed by atoms with Crippen LogP contribution in [0.2, 0.25) is 0 Å². The highest BCUT2D eigenvalue weighted by molar-refractivity contribution is 5.79. The summed E-state index contributed by atoms with van der Waals surface area (Å²) in [5.74, 6) is 3.28. The average Bonchev–Trinajstić information content (AvgIpc) is 2.78.